The molecule has 1 aromatic heterocycles. The van der Waals surface area contributed by atoms with Gasteiger partial charge in [-0.3, -0.25) is 10.2 Å². The van der Waals surface area contributed by atoms with E-state index in [4.69, 9.17) is 5.41 Å². The zero-order valence-corrected chi connectivity index (χ0v) is 19.8. The first kappa shape index (κ1) is 21.3. The summed E-state index contributed by atoms with van der Waals surface area (Å²) in [6, 6.07) is 26.4. The summed E-state index contributed by atoms with van der Waals surface area (Å²) in [5, 5.41) is 17.0. The number of thioether (sulfide) groups is 1. The van der Waals surface area contributed by atoms with Crippen molar-refractivity contribution in [3.63, 3.8) is 0 Å². The van der Waals surface area contributed by atoms with E-state index in [2.05, 4.69) is 32.9 Å². The molecule has 0 fully saturated rings. The third-order valence-electron chi connectivity index (χ3n) is 6.03. The number of aryl methyl sites for hydroxylation is 1. The van der Waals surface area contributed by atoms with Crippen LogP contribution in [0, 0.1) is 12.3 Å². The molecule has 1 amide bonds. The third-order valence-corrected chi connectivity index (χ3v) is 6.99. The summed E-state index contributed by atoms with van der Waals surface area (Å²) in [7, 11) is 0. The molecule has 0 saturated carbocycles. The Morgan fingerprint density at radius 1 is 1.00 bits per heavy atom. The van der Waals surface area contributed by atoms with Gasteiger partial charge in [-0.05, 0) is 42.5 Å². The number of hydrazone groups is 1. The molecule has 3 heterocycles. The summed E-state index contributed by atoms with van der Waals surface area (Å²) in [6.07, 6.45) is 3.80. The fourth-order valence-electron chi connectivity index (χ4n) is 4.34. The van der Waals surface area contributed by atoms with Crippen molar-refractivity contribution in [3.8, 4) is 0 Å². The lowest BCUT2D eigenvalue weighted by Crippen LogP contribution is -2.35. The largest absolute Gasteiger partial charge is 0.342 e. The normalized spacial score (nSPS) is 16.6. The molecule has 6 rings (SSSR count). The monoisotopic (exact) mass is 475 g/mol. The number of aromatic nitrogens is 1. The van der Waals surface area contributed by atoms with Crippen LogP contribution in [0.3, 0.4) is 0 Å². The van der Waals surface area contributed by atoms with Gasteiger partial charge in [-0.25, -0.2) is 0 Å². The summed E-state index contributed by atoms with van der Waals surface area (Å²) in [5.74, 6) is -0.385. The zero-order chi connectivity index (χ0) is 23.9. The molecule has 0 radical (unpaired) electrons. The average Bonchev–Trinajstić information content (AvgIpc) is 3.44. The van der Waals surface area contributed by atoms with Crippen LogP contribution in [0.4, 0.5) is 0 Å². The van der Waals surface area contributed by atoms with Crippen LogP contribution in [0.1, 0.15) is 22.3 Å². The van der Waals surface area contributed by atoms with Crippen molar-refractivity contribution in [1.29, 1.82) is 5.41 Å². The number of carbonyl (C=O) groups excluding carboxylic acids is 1. The third kappa shape index (κ3) is 3.90. The van der Waals surface area contributed by atoms with Gasteiger partial charge in [-0.1, -0.05) is 72.3 Å². The van der Waals surface area contributed by atoms with E-state index in [0.29, 0.717) is 11.7 Å². The Labute approximate surface area is 206 Å². The highest BCUT2D eigenvalue weighted by Crippen LogP contribution is 2.32. The van der Waals surface area contributed by atoms with E-state index in [0.717, 1.165) is 32.6 Å². The molecule has 2 aliphatic rings. The van der Waals surface area contributed by atoms with Crippen molar-refractivity contribution in [2.45, 2.75) is 13.5 Å². The van der Waals surface area contributed by atoms with Crippen molar-refractivity contribution < 1.29 is 4.79 Å². The number of amidine groups is 2. The second-order valence-electron chi connectivity index (χ2n) is 8.51. The predicted octanol–water partition coefficient (Wildman–Crippen LogP) is 5.67. The molecule has 0 bridgehead atoms. The van der Waals surface area contributed by atoms with Gasteiger partial charge < -0.3 is 4.57 Å². The SMILES string of the molecule is Cc1cccc(C2=NN3C(=N)/C(=C/c4cn(Cc5ccccc5)c5ccccc45)C(=O)N=C3S2)c1. The van der Waals surface area contributed by atoms with Crippen molar-refractivity contribution >= 4 is 50.7 Å². The number of para-hydroxylation sites is 1. The Kier molecular flexibility index (Phi) is 5.19. The van der Waals surface area contributed by atoms with Crippen LogP contribution in [0.5, 0.6) is 0 Å². The minimum Gasteiger partial charge on any atom is -0.342 e. The Bertz CT molecular complexity index is 1600. The quantitative estimate of drug-likeness (QED) is 0.387. The maximum atomic E-state index is 13.0. The van der Waals surface area contributed by atoms with Crippen molar-refractivity contribution in [3.05, 3.63) is 113 Å². The summed E-state index contributed by atoms with van der Waals surface area (Å²) < 4.78 is 2.17. The molecular weight excluding hydrogens is 454 g/mol. The molecular formula is C28H21N5OS. The zero-order valence-electron chi connectivity index (χ0n) is 19.0. The highest BCUT2D eigenvalue weighted by Gasteiger charge is 2.36. The second kappa shape index (κ2) is 8.52. The number of fused-ring (bicyclic) bond motifs is 2. The summed E-state index contributed by atoms with van der Waals surface area (Å²) in [5.41, 5.74) is 5.43. The van der Waals surface area contributed by atoms with Crippen LogP contribution in [0.2, 0.25) is 0 Å². The number of amides is 1. The van der Waals surface area contributed by atoms with Gasteiger partial charge in [-0.2, -0.15) is 15.1 Å². The van der Waals surface area contributed by atoms with Gasteiger partial charge in [-0.15, -0.1) is 0 Å². The van der Waals surface area contributed by atoms with E-state index in [1.807, 2.05) is 73.8 Å². The molecule has 3 aromatic carbocycles. The fraction of sp³-hybridized carbons (Fsp3) is 0.0714. The highest BCUT2D eigenvalue weighted by molar-refractivity contribution is 8.27. The Morgan fingerprint density at radius 3 is 2.63 bits per heavy atom. The van der Waals surface area contributed by atoms with E-state index in [-0.39, 0.29) is 11.4 Å². The molecule has 6 nitrogen and oxygen atoms in total. The van der Waals surface area contributed by atoms with E-state index in [1.165, 1.54) is 22.3 Å². The number of hydrogen-bond donors (Lipinski definition) is 1. The van der Waals surface area contributed by atoms with Crippen molar-refractivity contribution in [2.24, 2.45) is 10.1 Å². The van der Waals surface area contributed by atoms with Gasteiger partial charge in [0.15, 0.2) is 5.84 Å². The van der Waals surface area contributed by atoms with E-state index in [9.17, 15) is 4.79 Å². The van der Waals surface area contributed by atoms with E-state index in [1.54, 1.807) is 6.08 Å². The molecule has 2 aliphatic heterocycles. The van der Waals surface area contributed by atoms with Crippen LogP contribution in [-0.2, 0) is 11.3 Å². The number of hydrogen-bond acceptors (Lipinski definition) is 4. The Hall–Kier alpha value is -4.23. The molecule has 0 unspecified atom stereocenters. The molecule has 35 heavy (non-hydrogen) atoms. The van der Waals surface area contributed by atoms with Gasteiger partial charge in [0, 0.05) is 34.8 Å². The lowest BCUT2D eigenvalue weighted by Gasteiger charge is -2.20. The first-order valence-corrected chi connectivity index (χ1v) is 12.1. The lowest BCUT2D eigenvalue weighted by atomic mass is 10.1. The summed E-state index contributed by atoms with van der Waals surface area (Å²) in [6.45, 7) is 2.74. The molecule has 4 aromatic rings. The Morgan fingerprint density at radius 2 is 1.80 bits per heavy atom. The fourth-order valence-corrected chi connectivity index (χ4v) is 5.23. The van der Waals surface area contributed by atoms with Crippen LogP contribution < -0.4 is 0 Å². The van der Waals surface area contributed by atoms with Gasteiger partial charge in [0.25, 0.3) is 5.91 Å². The van der Waals surface area contributed by atoms with Crippen LogP contribution in [-0.4, -0.2) is 31.5 Å². The molecule has 7 heteroatoms. The molecule has 0 aliphatic carbocycles. The average molecular weight is 476 g/mol. The highest BCUT2D eigenvalue weighted by atomic mass is 32.2. The first-order chi connectivity index (χ1) is 17.1. The van der Waals surface area contributed by atoms with Gasteiger partial charge in [0.2, 0.25) is 5.17 Å². The standard InChI is InChI=1S/C28H21N5OS/c1-18-8-7-11-20(14-18)27-31-33-25(29)23(26(34)30-28(33)35-27)15-21-17-32(16-19-9-3-2-4-10-19)24-13-6-5-12-22(21)24/h2-15,17,29H,16H2,1H3/b23-15-,29-25?. The number of aliphatic imine (C=N–C) groups is 1. The first-order valence-electron chi connectivity index (χ1n) is 11.3. The number of nitrogens with one attached hydrogen (secondary N) is 1. The van der Waals surface area contributed by atoms with E-state index < -0.39 is 5.91 Å². The topological polar surface area (TPSA) is 73.8 Å². The molecule has 0 saturated heterocycles. The number of rotatable bonds is 4. The maximum Gasteiger partial charge on any atom is 0.283 e. The second-order valence-corrected chi connectivity index (χ2v) is 9.47. The predicted molar refractivity (Wildman–Crippen MR) is 143 cm³/mol. The van der Waals surface area contributed by atoms with E-state index >= 15 is 0 Å². The van der Waals surface area contributed by atoms with Crippen molar-refractivity contribution in [1.82, 2.24) is 9.58 Å². The number of carbonyl (C=O) groups is 1. The molecule has 0 atom stereocenters. The lowest BCUT2D eigenvalue weighted by molar-refractivity contribution is -0.114. The molecule has 170 valence electrons. The number of nitrogens with zero attached hydrogens (tertiary/aromatic N) is 4. The smallest absolute Gasteiger partial charge is 0.283 e. The maximum absolute atomic E-state index is 13.0. The van der Waals surface area contributed by atoms with Gasteiger partial charge in [0.1, 0.15) is 5.04 Å². The van der Waals surface area contributed by atoms with Gasteiger partial charge in [0.05, 0.1) is 5.57 Å². The summed E-state index contributed by atoms with van der Waals surface area (Å²) >= 11 is 1.31. The summed E-state index contributed by atoms with van der Waals surface area (Å²) in [4.78, 5) is 17.2. The minimum absolute atomic E-state index is 0.0371. The number of benzene rings is 3. The Balaban J connectivity index is 1.38. The van der Waals surface area contributed by atoms with Crippen LogP contribution in [0.25, 0.3) is 17.0 Å². The van der Waals surface area contributed by atoms with Crippen molar-refractivity contribution in [2.75, 3.05) is 0 Å². The minimum atomic E-state index is -0.422. The van der Waals surface area contributed by atoms with Crippen LogP contribution in [0.15, 0.2) is 101 Å². The van der Waals surface area contributed by atoms with Crippen LogP contribution >= 0.6 is 11.8 Å². The molecule has 1 N–H and O–H groups in total. The molecule has 0 spiro atoms. The van der Waals surface area contributed by atoms with Gasteiger partial charge >= 0.3 is 0 Å².